The van der Waals surface area contributed by atoms with E-state index in [1.165, 1.54) is 6.20 Å². The van der Waals surface area contributed by atoms with E-state index in [4.69, 9.17) is 5.11 Å². The zero-order valence-electron chi connectivity index (χ0n) is 11.4. The van der Waals surface area contributed by atoms with Gasteiger partial charge in [-0.2, -0.15) is 0 Å². The van der Waals surface area contributed by atoms with Crippen LogP contribution in [0.1, 0.15) is 22.3 Å². The molecule has 0 saturated heterocycles. The molecule has 2 aliphatic rings. The maximum atomic E-state index is 11.1. The molecule has 0 amide bonds. The Kier molecular flexibility index (Phi) is 2.69. The first-order valence-electron chi connectivity index (χ1n) is 6.73. The van der Waals surface area contributed by atoms with Gasteiger partial charge in [0, 0.05) is 42.4 Å². The molecule has 22 heavy (non-hydrogen) atoms. The van der Waals surface area contributed by atoms with Gasteiger partial charge < -0.3 is 5.11 Å². The van der Waals surface area contributed by atoms with Crippen LogP contribution in [0.15, 0.2) is 52.5 Å². The summed E-state index contributed by atoms with van der Waals surface area (Å²) >= 11 is 0. The highest BCUT2D eigenvalue weighted by atomic mass is 16.4. The quantitative estimate of drug-likeness (QED) is 0.886. The predicted molar refractivity (Wildman–Crippen MR) is 79.7 cm³/mol. The van der Waals surface area contributed by atoms with Crippen LogP contribution in [0, 0.1) is 0 Å². The summed E-state index contributed by atoms with van der Waals surface area (Å²) in [5, 5.41) is 10.4. The van der Waals surface area contributed by atoms with E-state index >= 15 is 0 Å². The molecule has 0 unspecified atom stereocenters. The minimum atomic E-state index is -1.01. The normalized spacial score (nSPS) is 15.4. The Bertz CT molecular complexity index is 975. The molecule has 0 saturated carbocycles. The molecule has 0 bridgehead atoms. The van der Waals surface area contributed by atoms with Crippen LogP contribution in [0.5, 0.6) is 0 Å². The number of aliphatic imine (C=N–C) groups is 1. The fourth-order valence-corrected chi connectivity index (χ4v) is 2.58. The number of hydrogen-bond acceptors (Lipinski definition) is 5. The van der Waals surface area contributed by atoms with E-state index in [1.807, 2.05) is 18.3 Å². The van der Waals surface area contributed by atoms with Gasteiger partial charge in [-0.25, -0.2) is 9.79 Å². The van der Waals surface area contributed by atoms with Gasteiger partial charge in [0.05, 0.1) is 27.7 Å². The van der Waals surface area contributed by atoms with Crippen molar-refractivity contribution in [3.63, 3.8) is 0 Å². The fourth-order valence-electron chi connectivity index (χ4n) is 2.58. The number of pyridine rings is 2. The van der Waals surface area contributed by atoms with Crippen molar-refractivity contribution in [3.05, 3.63) is 64.3 Å². The van der Waals surface area contributed by atoms with Crippen molar-refractivity contribution >= 4 is 23.5 Å². The number of rotatable bonds is 2. The summed E-state index contributed by atoms with van der Waals surface area (Å²) in [6.45, 7) is 0. The number of carboxylic acids is 1. The van der Waals surface area contributed by atoms with Gasteiger partial charge in [0.25, 0.3) is 0 Å². The third-order valence-electron chi connectivity index (χ3n) is 3.59. The zero-order valence-corrected chi connectivity index (χ0v) is 11.4. The topological polar surface area (TPSA) is 87.8 Å². The van der Waals surface area contributed by atoms with E-state index in [0.717, 1.165) is 27.9 Å². The van der Waals surface area contributed by atoms with Crippen LogP contribution in [0.25, 0.3) is 11.3 Å². The van der Waals surface area contributed by atoms with Crippen molar-refractivity contribution in [1.82, 2.24) is 9.97 Å². The number of nitrogens with zero attached hydrogens (tertiary/aromatic N) is 4. The molecule has 1 N–H and O–H groups in total. The molecule has 4 rings (SSSR count). The number of aromatic carboxylic acids is 1. The number of carboxylic acid groups (broad SMARTS) is 1. The van der Waals surface area contributed by atoms with Crippen molar-refractivity contribution in [1.29, 1.82) is 0 Å². The van der Waals surface area contributed by atoms with E-state index < -0.39 is 5.97 Å². The Hall–Kier alpha value is -3.15. The monoisotopic (exact) mass is 290 g/mol. The molecular formula is C16H10N4O2. The molecular weight excluding hydrogens is 280 g/mol. The fraction of sp³-hybridized carbons (Fsp3) is 0.0625. The maximum Gasteiger partial charge on any atom is 0.337 e. The summed E-state index contributed by atoms with van der Waals surface area (Å²) in [7, 11) is 0. The molecule has 4 heterocycles. The average molecular weight is 290 g/mol. The first-order chi connectivity index (χ1) is 10.7. The van der Waals surface area contributed by atoms with Gasteiger partial charge in [0.15, 0.2) is 0 Å². The van der Waals surface area contributed by atoms with Crippen LogP contribution in [-0.4, -0.2) is 27.3 Å². The molecule has 0 spiro atoms. The van der Waals surface area contributed by atoms with Gasteiger partial charge in [-0.3, -0.25) is 15.0 Å². The Morgan fingerprint density at radius 2 is 2.14 bits per heavy atom. The first kappa shape index (κ1) is 12.6. The predicted octanol–water partition coefficient (Wildman–Crippen LogP) is 0.802. The van der Waals surface area contributed by atoms with Crippen molar-refractivity contribution in [2.24, 2.45) is 9.98 Å². The minimum absolute atomic E-state index is 0.131. The summed E-state index contributed by atoms with van der Waals surface area (Å²) in [5.41, 5.74) is 3.47. The van der Waals surface area contributed by atoms with Gasteiger partial charge in [-0.05, 0) is 18.2 Å². The van der Waals surface area contributed by atoms with Crippen LogP contribution >= 0.6 is 0 Å². The molecule has 2 aliphatic heterocycles. The second kappa shape index (κ2) is 4.70. The second-order valence-electron chi connectivity index (χ2n) is 4.94. The van der Waals surface area contributed by atoms with Gasteiger partial charge in [-0.15, -0.1) is 0 Å². The van der Waals surface area contributed by atoms with Crippen LogP contribution in [-0.2, 0) is 0 Å². The molecule has 2 aromatic heterocycles. The molecule has 0 radical (unpaired) electrons. The molecule has 0 atom stereocenters. The van der Waals surface area contributed by atoms with Gasteiger partial charge in [0.2, 0.25) is 0 Å². The SMILES string of the molecule is O=C(O)c1cnc2c(c1)=NC1=C(c3cccnc3)N=CCC=21. The van der Waals surface area contributed by atoms with Gasteiger partial charge in [0.1, 0.15) is 0 Å². The lowest BCUT2D eigenvalue weighted by Gasteiger charge is -2.11. The summed E-state index contributed by atoms with van der Waals surface area (Å²) < 4.78 is 0. The van der Waals surface area contributed by atoms with Crippen LogP contribution in [0.4, 0.5) is 0 Å². The highest BCUT2D eigenvalue weighted by molar-refractivity contribution is 5.94. The smallest absolute Gasteiger partial charge is 0.337 e. The lowest BCUT2D eigenvalue weighted by molar-refractivity contribution is 0.0696. The van der Waals surface area contributed by atoms with Crippen molar-refractivity contribution in [3.8, 4) is 0 Å². The number of carbonyl (C=O) groups is 1. The second-order valence-corrected chi connectivity index (χ2v) is 4.94. The Morgan fingerprint density at radius 3 is 2.91 bits per heavy atom. The van der Waals surface area contributed by atoms with Gasteiger partial charge in [-0.1, -0.05) is 0 Å². The average Bonchev–Trinajstić information content (AvgIpc) is 2.93. The highest BCUT2D eigenvalue weighted by Gasteiger charge is 2.22. The standard InChI is InChI=1S/C16H10N4O2/c21-16(22)10-6-12-14(19-8-10)11-3-5-18-13(15(11)20-12)9-2-1-4-17-7-9/h1-2,4-8H,3H2,(H,21,22). The van der Waals surface area contributed by atoms with E-state index in [1.54, 1.807) is 18.5 Å². The molecule has 0 aliphatic carbocycles. The summed E-state index contributed by atoms with van der Waals surface area (Å²) in [5.74, 6) is -1.01. The number of aromatic nitrogens is 2. The van der Waals surface area contributed by atoms with Crippen molar-refractivity contribution in [2.75, 3.05) is 0 Å². The van der Waals surface area contributed by atoms with Crippen molar-refractivity contribution < 1.29 is 9.90 Å². The Labute approximate surface area is 124 Å². The molecule has 2 aromatic rings. The van der Waals surface area contributed by atoms with E-state index in [-0.39, 0.29) is 5.56 Å². The van der Waals surface area contributed by atoms with Crippen LogP contribution in [0.3, 0.4) is 0 Å². The Morgan fingerprint density at radius 1 is 1.23 bits per heavy atom. The molecule has 6 heteroatoms. The largest absolute Gasteiger partial charge is 0.478 e. The molecule has 0 aromatic carbocycles. The summed E-state index contributed by atoms with van der Waals surface area (Å²) in [4.78, 5) is 28.4. The zero-order chi connectivity index (χ0) is 15.1. The molecule has 106 valence electrons. The lowest BCUT2D eigenvalue weighted by atomic mass is 10.0. The number of hydrogen-bond donors (Lipinski definition) is 1. The van der Waals surface area contributed by atoms with E-state index in [9.17, 15) is 4.79 Å². The molecule has 0 fully saturated rings. The van der Waals surface area contributed by atoms with E-state index in [2.05, 4.69) is 20.0 Å². The number of fused-ring (bicyclic) bond motifs is 2. The summed E-state index contributed by atoms with van der Waals surface area (Å²) in [6, 6.07) is 5.31. The summed E-state index contributed by atoms with van der Waals surface area (Å²) in [6.07, 6.45) is 7.25. The third-order valence-corrected chi connectivity index (χ3v) is 3.59. The minimum Gasteiger partial charge on any atom is -0.478 e. The number of allylic oxidation sites excluding steroid dienone is 1. The lowest BCUT2D eigenvalue weighted by Crippen LogP contribution is -2.28. The van der Waals surface area contributed by atoms with E-state index in [0.29, 0.717) is 11.8 Å². The maximum absolute atomic E-state index is 11.1. The van der Waals surface area contributed by atoms with Crippen molar-refractivity contribution in [2.45, 2.75) is 6.42 Å². The first-order valence-corrected chi connectivity index (χ1v) is 6.73. The van der Waals surface area contributed by atoms with Gasteiger partial charge >= 0.3 is 5.97 Å². The molecule has 6 nitrogen and oxygen atoms in total. The van der Waals surface area contributed by atoms with Crippen LogP contribution < -0.4 is 10.7 Å². The van der Waals surface area contributed by atoms with Crippen LogP contribution in [0.2, 0.25) is 0 Å². The highest BCUT2D eigenvalue weighted by Crippen LogP contribution is 2.31. The Balaban J connectivity index is 1.98. The third kappa shape index (κ3) is 1.85.